The Morgan fingerprint density at radius 2 is 2.16 bits per heavy atom. The number of amides is 1. The molecule has 6 rings (SSSR count). The van der Waals surface area contributed by atoms with Gasteiger partial charge in [0.15, 0.2) is 5.75 Å². The summed E-state index contributed by atoms with van der Waals surface area (Å²) in [4.78, 5) is 24.4. The number of nitrogens with zero attached hydrogens (tertiary/aromatic N) is 6. The van der Waals surface area contributed by atoms with Gasteiger partial charge >= 0.3 is 0 Å². The van der Waals surface area contributed by atoms with Crippen molar-refractivity contribution >= 4 is 23.4 Å². The van der Waals surface area contributed by atoms with Crippen molar-refractivity contribution in [3.63, 3.8) is 0 Å². The summed E-state index contributed by atoms with van der Waals surface area (Å²) in [7, 11) is 1.81. The van der Waals surface area contributed by atoms with Gasteiger partial charge in [-0.1, -0.05) is 0 Å². The van der Waals surface area contributed by atoms with Crippen molar-refractivity contribution in [3.8, 4) is 11.6 Å². The van der Waals surface area contributed by atoms with Crippen molar-refractivity contribution in [2.24, 2.45) is 7.05 Å². The molecule has 4 heterocycles. The third-order valence-electron chi connectivity index (χ3n) is 6.63. The number of rotatable bonds is 5. The Morgan fingerprint density at radius 3 is 2.91 bits per heavy atom. The molecule has 1 spiro atoms. The molecule has 3 aromatic rings. The second-order valence-electron chi connectivity index (χ2n) is 8.85. The largest absolute Gasteiger partial charge is 0.434 e. The van der Waals surface area contributed by atoms with E-state index in [1.54, 1.807) is 29.5 Å². The van der Waals surface area contributed by atoms with E-state index in [0.717, 1.165) is 37.7 Å². The number of aromatic nitrogens is 6. The summed E-state index contributed by atoms with van der Waals surface area (Å²) in [6, 6.07) is -0.0360. The number of aliphatic hydroxyl groups excluding tert-OH is 1. The molecule has 0 bridgehead atoms. The Kier molecular flexibility index (Phi) is 4.22. The van der Waals surface area contributed by atoms with Gasteiger partial charge in [0.25, 0.3) is 0 Å². The highest BCUT2D eigenvalue weighted by atomic mass is 16.5. The molecule has 0 unspecified atom stereocenters. The molecule has 3 N–H and O–H groups in total. The van der Waals surface area contributed by atoms with Crippen LogP contribution in [0.1, 0.15) is 44.1 Å². The maximum Gasteiger partial charge on any atom is 0.239 e. The van der Waals surface area contributed by atoms with Crippen LogP contribution in [0.15, 0.2) is 24.8 Å². The first-order chi connectivity index (χ1) is 15.5. The van der Waals surface area contributed by atoms with Crippen LogP contribution in [0.2, 0.25) is 0 Å². The Morgan fingerprint density at radius 1 is 1.28 bits per heavy atom. The predicted octanol–water partition coefficient (Wildman–Crippen LogP) is 2.15. The zero-order chi connectivity index (χ0) is 21.9. The second kappa shape index (κ2) is 7.02. The lowest BCUT2D eigenvalue weighted by molar-refractivity contribution is -0.121. The zero-order valence-corrected chi connectivity index (χ0v) is 17.7. The molecule has 1 amide bonds. The highest BCUT2D eigenvalue weighted by molar-refractivity contribution is 6.09. The van der Waals surface area contributed by atoms with Crippen LogP contribution in [0.5, 0.6) is 11.6 Å². The van der Waals surface area contributed by atoms with Gasteiger partial charge in [-0.15, -0.1) is 0 Å². The van der Waals surface area contributed by atoms with E-state index in [2.05, 4.69) is 25.6 Å². The number of aryl methyl sites for hydroxylation is 1. The smallest absolute Gasteiger partial charge is 0.239 e. The molecule has 3 aromatic heterocycles. The van der Waals surface area contributed by atoms with Gasteiger partial charge in [0.05, 0.1) is 30.1 Å². The van der Waals surface area contributed by atoms with Crippen molar-refractivity contribution in [2.75, 3.05) is 10.2 Å². The number of carbonyl (C=O) groups is 1. The molecule has 32 heavy (non-hydrogen) atoms. The van der Waals surface area contributed by atoms with E-state index in [4.69, 9.17) is 9.72 Å². The van der Waals surface area contributed by atoms with Crippen molar-refractivity contribution in [1.82, 2.24) is 29.9 Å². The van der Waals surface area contributed by atoms with Crippen LogP contribution >= 0.6 is 0 Å². The number of aromatic amines is 1. The Bertz CT molecular complexity index is 1180. The summed E-state index contributed by atoms with van der Waals surface area (Å²) in [5, 5.41) is 24.3. The first-order valence-electron chi connectivity index (χ1n) is 10.9. The van der Waals surface area contributed by atoms with Crippen molar-refractivity contribution in [3.05, 3.63) is 30.4 Å². The number of nitrogens with one attached hydrogen (secondary N) is 2. The van der Waals surface area contributed by atoms with Crippen LogP contribution in [-0.2, 0) is 17.3 Å². The van der Waals surface area contributed by atoms with Gasteiger partial charge in [0.1, 0.15) is 11.5 Å². The van der Waals surface area contributed by atoms with E-state index in [-0.39, 0.29) is 18.1 Å². The minimum Gasteiger partial charge on any atom is -0.434 e. The molecule has 0 saturated heterocycles. The van der Waals surface area contributed by atoms with E-state index >= 15 is 0 Å². The van der Waals surface area contributed by atoms with E-state index in [0.29, 0.717) is 35.5 Å². The average molecular weight is 436 g/mol. The molecule has 11 nitrogen and oxygen atoms in total. The fourth-order valence-electron chi connectivity index (χ4n) is 4.85. The third kappa shape index (κ3) is 3.03. The fourth-order valence-corrected chi connectivity index (χ4v) is 4.85. The summed E-state index contributed by atoms with van der Waals surface area (Å²) in [5.41, 5.74) is 0.992. The van der Waals surface area contributed by atoms with Gasteiger partial charge in [0, 0.05) is 24.8 Å². The number of hydrogen-bond acceptors (Lipinski definition) is 8. The molecule has 0 radical (unpaired) electrons. The molecule has 2 aliphatic carbocycles. The molecular formula is C21H24N8O3. The van der Waals surface area contributed by atoms with Crippen LogP contribution in [0, 0.1) is 0 Å². The molecule has 0 aromatic carbocycles. The normalized spacial score (nSPS) is 23.4. The molecule has 2 fully saturated rings. The van der Waals surface area contributed by atoms with Crippen LogP contribution < -0.4 is 15.0 Å². The topological polar surface area (TPSA) is 134 Å². The lowest BCUT2D eigenvalue weighted by atomic mass is 9.92. The molecular weight excluding hydrogens is 412 g/mol. The van der Waals surface area contributed by atoms with Crippen LogP contribution in [0.25, 0.3) is 0 Å². The quantitative estimate of drug-likeness (QED) is 0.554. The van der Waals surface area contributed by atoms with Crippen molar-refractivity contribution in [2.45, 2.75) is 56.1 Å². The number of fused-ring (bicyclic) bond motifs is 2. The third-order valence-corrected chi connectivity index (χ3v) is 6.63. The highest BCUT2D eigenvalue weighted by Gasteiger charge is 2.61. The van der Waals surface area contributed by atoms with Gasteiger partial charge in [-0.25, -0.2) is 10.1 Å². The highest BCUT2D eigenvalue weighted by Crippen LogP contribution is 2.57. The summed E-state index contributed by atoms with van der Waals surface area (Å²) in [5.74, 6) is 2.08. The van der Waals surface area contributed by atoms with Gasteiger partial charge in [-0.3, -0.25) is 14.4 Å². The van der Waals surface area contributed by atoms with E-state index in [1.165, 1.54) is 0 Å². The van der Waals surface area contributed by atoms with Crippen molar-refractivity contribution < 1.29 is 14.6 Å². The van der Waals surface area contributed by atoms with Gasteiger partial charge in [-0.2, -0.15) is 15.2 Å². The SMILES string of the molecule is Cn1cc(Oc2[nH]ncc2Nc2ncc3c(n2)N([C@@H]2CCC[C@@H](O)C2)C(=O)C32CC2)cn1. The standard InChI is InChI=1S/C21H24N8O3/c1-28-11-14(8-24-28)32-18-16(10-23-27-18)25-20-22-9-15-17(26-20)29(19(31)21(15)5-6-21)12-3-2-4-13(30)7-12/h8-13,30H,2-7H2,1H3,(H,23,27)(H,22,25,26)/t12-,13-/m1/s1. The minimum atomic E-state index is -0.472. The molecule has 166 valence electrons. The number of carbonyl (C=O) groups excluding carboxylic acids is 1. The predicted molar refractivity (Wildman–Crippen MR) is 114 cm³/mol. The van der Waals surface area contributed by atoms with Crippen LogP contribution in [0.4, 0.5) is 17.5 Å². The van der Waals surface area contributed by atoms with E-state index < -0.39 is 5.41 Å². The van der Waals surface area contributed by atoms with E-state index in [9.17, 15) is 9.90 Å². The summed E-state index contributed by atoms with van der Waals surface area (Å²) in [6.45, 7) is 0. The zero-order valence-electron chi connectivity index (χ0n) is 17.7. The Labute approximate surface area is 183 Å². The Balaban J connectivity index is 1.30. The van der Waals surface area contributed by atoms with Gasteiger partial charge < -0.3 is 15.2 Å². The summed E-state index contributed by atoms with van der Waals surface area (Å²) >= 11 is 0. The van der Waals surface area contributed by atoms with Gasteiger partial charge in [0.2, 0.25) is 17.7 Å². The first kappa shape index (κ1) is 19.2. The molecule has 1 aliphatic heterocycles. The minimum absolute atomic E-state index is 0.0360. The maximum atomic E-state index is 13.4. The summed E-state index contributed by atoms with van der Waals surface area (Å²) < 4.78 is 7.45. The number of ether oxygens (including phenoxy) is 1. The number of aliphatic hydroxyl groups is 1. The lowest BCUT2D eigenvalue weighted by Crippen LogP contribution is -2.44. The number of hydrogen-bond donors (Lipinski definition) is 3. The second-order valence-corrected chi connectivity index (χ2v) is 8.85. The molecule has 11 heteroatoms. The summed E-state index contributed by atoms with van der Waals surface area (Å²) in [6.07, 6.45) is 11.1. The van der Waals surface area contributed by atoms with Gasteiger partial charge in [-0.05, 0) is 38.5 Å². The van der Waals surface area contributed by atoms with E-state index in [1.807, 2.05) is 11.9 Å². The first-order valence-corrected chi connectivity index (χ1v) is 10.9. The molecule has 2 atom stereocenters. The van der Waals surface area contributed by atoms with Crippen LogP contribution in [-0.4, -0.2) is 53.1 Å². The monoisotopic (exact) mass is 436 g/mol. The number of anilines is 3. The maximum absolute atomic E-state index is 13.4. The van der Waals surface area contributed by atoms with Crippen LogP contribution in [0.3, 0.4) is 0 Å². The average Bonchev–Trinajstić information content (AvgIpc) is 3.21. The number of H-pyrrole nitrogens is 1. The van der Waals surface area contributed by atoms with Crippen molar-refractivity contribution in [1.29, 1.82) is 0 Å². The fraction of sp³-hybridized carbons (Fsp3) is 0.476. The molecule has 3 aliphatic rings. The lowest BCUT2D eigenvalue weighted by Gasteiger charge is -2.33. The Hall–Kier alpha value is -3.47. The molecule has 2 saturated carbocycles.